The molecule has 0 atom stereocenters. The first-order valence-corrected chi connectivity index (χ1v) is 4.74. The van der Waals surface area contributed by atoms with E-state index in [-0.39, 0.29) is 6.42 Å². The fourth-order valence-corrected chi connectivity index (χ4v) is 1.27. The summed E-state index contributed by atoms with van der Waals surface area (Å²) in [5.41, 5.74) is 0.889. The molecule has 0 amide bonds. The van der Waals surface area contributed by atoms with Crippen LogP contribution in [0.25, 0.3) is 0 Å². The molecule has 1 rings (SSSR count). The summed E-state index contributed by atoms with van der Waals surface area (Å²) >= 11 is 0. The highest BCUT2D eigenvalue weighted by Crippen LogP contribution is 2.10. The van der Waals surface area contributed by atoms with Crippen molar-refractivity contribution in [3.05, 3.63) is 17.6 Å². The predicted molar refractivity (Wildman–Crippen MR) is 57.0 cm³/mol. The third kappa shape index (κ3) is 3.53. The molecule has 82 valence electrons. The first kappa shape index (κ1) is 11.4. The van der Waals surface area contributed by atoms with Gasteiger partial charge in [-0.2, -0.15) is 0 Å². The molecule has 5 heteroatoms. The Morgan fingerprint density at radius 1 is 1.47 bits per heavy atom. The van der Waals surface area contributed by atoms with Crippen LogP contribution >= 0.6 is 0 Å². The highest BCUT2D eigenvalue weighted by Gasteiger charge is 2.06. The molecular formula is C10H15N3O2. The molecule has 0 aliphatic rings. The molecule has 0 fully saturated rings. The summed E-state index contributed by atoms with van der Waals surface area (Å²) in [7, 11) is 1.82. The van der Waals surface area contributed by atoms with Crippen molar-refractivity contribution in [2.75, 3.05) is 18.5 Å². The number of carboxylic acid groups (broad SMARTS) is 1. The van der Waals surface area contributed by atoms with Gasteiger partial charge < -0.3 is 10.0 Å². The molecule has 0 saturated carbocycles. The van der Waals surface area contributed by atoms with Crippen LogP contribution in [-0.2, 0) is 4.79 Å². The number of aryl methyl sites for hydroxylation is 2. The quantitative estimate of drug-likeness (QED) is 0.801. The van der Waals surface area contributed by atoms with Crippen LogP contribution in [0.2, 0.25) is 0 Å². The zero-order valence-corrected chi connectivity index (χ0v) is 9.19. The fraction of sp³-hybridized carbons (Fsp3) is 0.500. The van der Waals surface area contributed by atoms with Crippen LogP contribution < -0.4 is 4.90 Å². The lowest BCUT2D eigenvalue weighted by atomic mass is 10.3. The number of rotatable bonds is 4. The SMILES string of the molecule is Cc1cc(N(C)CCC(=O)O)nc(C)n1. The Bertz CT molecular complexity index is 345. The molecule has 0 aliphatic heterocycles. The Kier molecular flexibility index (Phi) is 3.60. The van der Waals surface area contributed by atoms with E-state index < -0.39 is 5.97 Å². The van der Waals surface area contributed by atoms with E-state index in [4.69, 9.17) is 5.11 Å². The van der Waals surface area contributed by atoms with Crippen LogP contribution in [0.15, 0.2) is 6.07 Å². The summed E-state index contributed by atoms with van der Waals surface area (Å²) in [5, 5.41) is 8.56. The maximum absolute atomic E-state index is 10.4. The van der Waals surface area contributed by atoms with E-state index in [2.05, 4.69) is 9.97 Å². The Balaban J connectivity index is 2.72. The highest BCUT2D eigenvalue weighted by atomic mass is 16.4. The van der Waals surface area contributed by atoms with Gasteiger partial charge in [0.2, 0.25) is 0 Å². The third-order valence-corrected chi connectivity index (χ3v) is 2.00. The van der Waals surface area contributed by atoms with Crippen LogP contribution in [0.4, 0.5) is 5.82 Å². The Morgan fingerprint density at radius 3 is 2.67 bits per heavy atom. The molecule has 0 saturated heterocycles. The van der Waals surface area contributed by atoms with Gasteiger partial charge in [0, 0.05) is 25.4 Å². The van der Waals surface area contributed by atoms with E-state index in [1.165, 1.54) is 0 Å². The molecule has 5 nitrogen and oxygen atoms in total. The number of aromatic nitrogens is 2. The molecule has 1 N–H and O–H groups in total. The molecule has 0 bridgehead atoms. The summed E-state index contributed by atoms with van der Waals surface area (Å²) in [6.45, 7) is 4.16. The van der Waals surface area contributed by atoms with Gasteiger partial charge in [0.25, 0.3) is 0 Å². The van der Waals surface area contributed by atoms with Gasteiger partial charge in [-0.15, -0.1) is 0 Å². The van der Waals surface area contributed by atoms with Gasteiger partial charge in [-0.05, 0) is 13.8 Å². The monoisotopic (exact) mass is 209 g/mol. The second-order valence-electron chi connectivity index (χ2n) is 3.48. The predicted octanol–water partition coefficient (Wildman–Crippen LogP) is 1.00. The largest absolute Gasteiger partial charge is 0.481 e. The number of aliphatic carboxylic acids is 1. The topological polar surface area (TPSA) is 66.3 Å². The lowest BCUT2D eigenvalue weighted by Gasteiger charge is -2.17. The Morgan fingerprint density at radius 2 is 2.13 bits per heavy atom. The van der Waals surface area contributed by atoms with Crippen molar-refractivity contribution in [2.24, 2.45) is 0 Å². The van der Waals surface area contributed by atoms with Crippen LogP contribution in [0, 0.1) is 13.8 Å². The van der Waals surface area contributed by atoms with Crippen LogP contribution in [0.5, 0.6) is 0 Å². The molecule has 0 unspecified atom stereocenters. The minimum absolute atomic E-state index is 0.110. The first-order chi connectivity index (χ1) is 6.99. The lowest BCUT2D eigenvalue weighted by Crippen LogP contribution is -2.22. The van der Waals surface area contributed by atoms with Crippen molar-refractivity contribution in [2.45, 2.75) is 20.3 Å². The van der Waals surface area contributed by atoms with Crippen molar-refractivity contribution < 1.29 is 9.90 Å². The van der Waals surface area contributed by atoms with E-state index >= 15 is 0 Å². The minimum Gasteiger partial charge on any atom is -0.481 e. The highest BCUT2D eigenvalue weighted by molar-refractivity contribution is 5.67. The van der Waals surface area contributed by atoms with Gasteiger partial charge in [0.15, 0.2) is 0 Å². The van der Waals surface area contributed by atoms with Gasteiger partial charge in [0.1, 0.15) is 11.6 Å². The second kappa shape index (κ2) is 4.72. The maximum atomic E-state index is 10.4. The van der Waals surface area contributed by atoms with Crippen LogP contribution in [0.1, 0.15) is 17.9 Å². The summed E-state index contributed by atoms with van der Waals surface area (Å²) in [4.78, 5) is 20.6. The van der Waals surface area contributed by atoms with Crippen molar-refractivity contribution in [3.8, 4) is 0 Å². The minimum atomic E-state index is -0.802. The molecule has 0 aromatic carbocycles. The summed E-state index contributed by atoms with van der Waals surface area (Å²) < 4.78 is 0. The van der Waals surface area contributed by atoms with Crippen molar-refractivity contribution >= 4 is 11.8 Å². The van der Waals surface area contributed by atoms with Crippen LogP contribution in [-0.4, -0.2) is 34.6 Å². The number of carboxylic acids is 1. The van der Waals surface area contributed by atoms with E-state index in [1.54, 1.807) is 0 Å². The molecule has 0 spiro atoms. The van der Waals surface area contributed by atoms with Crippen LogP contribution in [0.3, 0.4) is 0 Å². The first-order valence-electron chi connectivity index (χ1n) is 4.74. The molecule has 1 heterocycles. The van der Waals surface area contributed by atoms with Crippen molar-refractivity contribution in [1.82, 2.24) is 9.97 Å². The zero-order chi connectivity index (χ0) is 11.4. The third-order valence-electron chi connectivity index (χ3n) is 2.00. The number of hydrogen-bond donors (Lipinski definition) is 1. The maximum Gasteiger partial charge on any atom is 0.305 e. The van der Waals surface area contributed by atoms with Crippen molar-refractivity contribution in [1.29, 1.82) is 0 Å². The van der Waals surface area contributed by atoms with Gasteiger partial charge in [-0.3, -0.25) is 4.79 Å². The Labute approximate surface area is 88.8 Å². The fourth-order valence-electron chi connectivity index (χ4n) is 1.27. The summed E-state index contributed by atoms with van der Waals surface area (Å²) in [6, 6.07) is 1.84. The average molecular weight is 209 g/mol. The molecule has 1 aromatic heterocycles. The summed E-state index contributed by atoms with van der Waals surface area (Å²) in [5.74, 6) is 0.665. The number of anilines is 1. The number of carbonyl (C=O) groups is 1. The van der Waals surface area contributed by atoms with E-state index in [9.17, 15) is 4.79 Å². The molecule has 0 radical (unpaired) electrons. The van der Waals surface area contributed by atoms with E-state index in [0.29, 0.717) is 12.4 Å². The molecule has 0 aliphatic carbocycles. The van der Waals surface area contributed by atoms with E-state index in [1.807, 2.05) is 31.9 Å². The Hall–Kier alpha value is -1.65. The lowest BCUT2D eigenvalue weighted by molar-refractivity contribution is -0.136. The standard InChI is InChI=1S/C10H15N3O2/c1-7-6-9(12-8(2)11-7)13(3)5-4-10(14)15/h6H,4-5H2,1-3H3,(H,14,15). The van der Waals surface area contributed by atoms with Gasteiger partial charge in [-0.1, -0.05) is 0 Å². The van der Waals surface area contributed by atoms with Crippen molar-refractivity contribution in [3.63, 3.8) is 0 Å². The molecule has 15 heavy (non-hydrogen) atoms. The number of nitrogens with zero attached hydrogens (tertiary/aromatic N) is 3. The van der Waals surface area contributed by atoms with E-state index in [0.717, 1.165) is 11.5 Å². The smallest absolute Gasteiger partial charge is 0.305 e. The number of hydrogen-bond acceptors (Lipinski definition) is 4. The zero-order valence-electron chi connectivity index (χ0n) is 9.19. The normalized spacial score (nSPS) is 10.1. The molecular weight excluding hydrogens is 194 g/mol. The van der Waals surface area contributed by atoms with Gasteiger partial charge in [0.05, 0.1) is 6.42 Å². The van der Waals surface area contributed by atoms with Gasteiger partial charge >= 0.3 is 5.97 Å². The molecule has 1 aromatic rings. The summed E-state index contributed by atoms with van der Waals surface area (Å²) in [6.07, 6.45) is 0.110. The average Bonchev–Trinajstić information content (AvgIpc) is 2.12. The van der Waals surface area contributed by atoms with Gasteiger partial charge in [-0.25, -0.2) is 9.97 Å². The second-order valence-corrected chi connectivity index (χ2v) is 3.48.